The van der Waals surface area contributed by atoms with Crippen molar-refractivity contribution in [3.63, 3.8) is 0 Å². The van der Waals surface area contributed by atoms with Crippen LogP contribution in [0.1, 0.15) is 26.3 Å². The lowest BCUT2D eigenvalue weighted by molar-refractivity contribution is 0.0995. The fraction of sp³-hybridized carbons (Fsp3) is 0.0667. The van der Waals surface area contributed by atoms with Crippen molar-refractivity contribution in [1.82, 2.24) is 0 Å². The number of aryl methyl sites for hydroxylation is 1. The van der Waals surface area contributed by atoms with E-state index in [2.05, 4.69) is 5.32 Å². The lowest BCUT2D eigenvalue weighted by atomic mass is 10.1. The van der Waals surface area contributed by atoms with Crippen LogP contribution in [0.3, 0.4) is 0 Å². The van der Waals surface area contributed by atoms with Crippen LogP contribution in [0.25, 0.3) is 0 Å². The molecule has 2 amide bonds. The molecule has 3 N–H and O–H groups in total. The van der Waals surface area contributed by atoms with E-state index in [1.807, 2.05) is 0 Å². The van der Waals surface area contributed by atoms with Gasteiger partial charge in [-0.15, -0.1) is 0 Å². The minimum Gasteiger partial charge on any atom is -0.366 e. The molecule has 0 aliphatic carbocycles. The normalized spacial score (nSPS) is 10.1. The van der Waals surface area contributed by atoms with E-state index in [0.29, 0.717) is 11.1 Å². The third-order valence-corrected chi connectivity index (χ3v) is 2.80. The third-order valence-electron chi connectivity index (χ3n) is 2.80. The van der Waals surface area contributed by atoms with Gasteiger partial charge in [-0.1, -0.05) is 6.07 Å². The average Bonchev–Trinajstić information content (AvgIpc) is 2.43. The smallest absolute Gasteiger partial charge is 0.255 e. The molecule has 0 aromatic heterocycles. The minimum atomic E-state index is -0.568. The second kappa shape index (κ2) is 5.52. The summed E-state index contributed by atoms with van der Waals surface area (Å²) in [5.41, 5.74) is 6.69. The monoisotopic (exact) mass is 272 g/mol. The predicted molar refractivity (Wildman–Crippen MR) is 74.1 cm³/mol. The summed E-state index contributed by atoms with van der Waals surface area (Å²) in [5.74, 6) is -1.52. The van der Waals surface area contributed by atoms with Gasteiger partial charge in [-0.3, -0.25) is 9.59 Å². The summed E-state index contributed by atoms with van der Waals surface area (Å²) in [7, 11) is 0. The highest BCUT2D eigenvalue weighted by Crippen LogP contribution is 2.17. The van der Waals surface area contributed by atoms with Gasteiger partial charge < -0.3 is 11.1 Å². The van der Waals surface area contributed by atoms with Gasteiger partial charge in [0.2, 0.25) is 5.91 Å². The van der Waals surface area contributed by atoms with Gasteiger partial charge in [-0.2, -0.15) is 0 Å². The van der Waals surface area contributed by atoms with Gasteiger partial charge in [-0.25, -0.2) is 4.39 Å². The standard InChI is InChI=1S/C15H13FN2O2/c1-9-2-7-12(16)13(8-9)18-15(20)11-5-3-10(4-6-11)14(17)19/h2-8H,1H3,(H2,17,19)(H,18,20). The van der Waals surface area contributed by atoms with E-state index < -0.39 is 17.6 Å². The Morgan fingerprint density at radius 1 is 1.05 bits per heavy atom. The Labute approximate surface area is 115 Å². The van der Waals surface area contributed by atoms with E-state index in [0.717, 1.165) is 5.56 Å². The van der Waals surface area contributed by atoms with Crippen molar-refractivity contribution >= 4 is 17.5 Å². The molecule has 0 heterocycles. The molecule has 0 aliphatic heterocycles. The Balaban J connectivity index is 2.19. The molecule has 0 saturated heterocycles. The van der Waals surface area contributed by atoms with Crippen LogP contribution in [-0.4, -0.2) is 11.8 Å². The number of rotatable bonds is 3. The Bertz CT molecular complexity index is 666. The number of nitrogens with two attached hydrogens (primary N) is 1. The Hall–Kier alpha value is -2.69. The quantitative estimate of drug-likeness (QED) is 0.901. The molecule has 0 unspecified atom stereocenters. The van der Waals surface area contributed by atoms with E-state index in [-0.39, 0.29) is 5.69 Å². The number of primary amides is 1. The third kappa shape index (κ3) is 3.00. The summed E-state index contributed by atoms with van der Waals surface area (Å²) in [4.78, 5) is 22.9. The van der Waals surface area contributed by atoms with Crippen molar-refractivity contribution in [3.05, 3.63) is 65.0 Å². The first-order valence-corrected chi connectivity index (χ1v) is 5.95. The van der Waals surface area contributed by atoms with Gasteiger partial charge in [0, 0.05) is 11.1 Å². The van der Waals surface area contributed by atoms with Crippen molar-refractivity contribution in [1.29, 1.82) is 0 Å². The molecule has 0 fully saturated rings. The van der Waals surface area contributed by atoms with Gasteiger partial charge in [-0.05, 0) is 48.9 Å². The number of hydrogen-bond acceptors (Lipinski definition) is 2. The zero-order valence-electron chi connectivity index (χ0n) is 10.8. The maximum atomic E-state index is 13.5. The zero-order valence-corrected chi connectivity index (χ0v) is 10.8. The molecule has 2 rings (SSSR count). The number of carbonyl (C=O) groups excluding carboxylic acids is 2. The number of anilines is 1. The van der Waals surface area contributed by atoms with Crippen molar-refractivity contribution in [2.24, 2.45) is 5.73 Å². The van der Waals surface area contributed by atoms with Crippen molar-refractivity contribution in [2.45, 2.75) is 6.92 Å². The average molecular weight is 272 g/mol. The second-order valence-corrected chi connectivity index (χ2v) is 4.38. The van der Waals surface area contributed by atoms with Crippen LogP contribution in [0.2, 0.25) is 0 Å². The molecule has 20 heavy (non-hydrogen) atoms. The zero-order chi connectivity index (χ0) is 14.7. The van der Waals surface area contributed by atoms with Crippen LogP contribution >= 0.6 is 0 Å². The number of carbonyl (C=O) groups is 2. The van der Waals surface area contributed by atoms with Crippen LogP contribution in [0, 0.1) is 12.7 Å². The fourth-order valence-corrected chi connectivity index (χ4v) is 1.72. The highest BCUT2D eigenvalue weighted by molar-refractivity contribution is 6.05. The SMILES string of the molecule is Cc1ccc(F)c(NC(=O)c2ccc(C(N)=O)cc2)c1. The summed E-state index contributed by atoms with van der Waals surface area (Å²) in [6.07, 6.45) is 0. The Morgan fingerprint density at radius 2 is 1.65 bits per heavy atom. The second-order valence-electron chi connectivity index (χ2n) is 4.38. The van der Waals surface area contributed by atoms with Crippen molar-refractivity contribution in [2.75, 3.05) is 5.32 Å². The number of hydrogen-bond donors (Lipinski definition) is 2. The molecular weight excluding hydrogens is 259 g/mol. The summed E-state index contributed by atoms with van der Waals surface area (Å²) >= 11 is 0. The molecule has 0 spiro atoms. The van der Waals surface area contributed by atoms with E-state index in [4.69, 9.17) is 5.73 Å². The first kappa shape index (κ1) is 13.7. The summed E-state index contributed by atoms with van der Waals surface area (Å²) < 4.78 is 13.5. The molecule has 102 valence electrons. The minimum absolute atomic E-state index is 0.119. The van der Waals surface area contributed by atoms with Crippen LogP contribution in [0.4, 0.5) is 10.1 Å². The van der Waals surface area contributed by atoms with Crippen LogP contribution in [0.15, 0.2) is 42.5 Å². The molecular formula is C15H13FN2O2. The first-order valence-electron chi connectivity index (χ1n) is 5.95. The number of nitrogens with one attached hydrogen (secondary N) is 1. The van der Waals surface area contributed by atoms with Crippen molar-refractivity contribution in [3.8, 4) is 0 Å². The number of benzene rings is 2. The Kier molecular flexibility index (Phi) is 3.79. The van der Waals surface area contributed by atoms with E-state index in [9.17, 15) is 14.0 Å². The highest BCUT2D eigenvalue weighted by Gasteiger charge is 2.10. The molecule has 2 aromatic carbocycles. The van der Waals surface area contributed by atoms with Gasteiger partial charge >= 0.3 is 0 Å². The predicted octanol–water partition coefficient (Wildman–Crippen LogP) is 2.49. The van der Waals surface area contributed by atoms with Gasteiger partial charge in [0.15, 0.2) is 0 Å². The molecule has 0 bridgehead atoms. The van der Waals surface area contributed by atoms with Crippen LogP contribution in [0.5, 0.6) is 0 Å². The van der Waals surface area contributed by atoms with Gasteiger partial charge in [0.25, 0.3) is 5.91 Å². The number of amides is 2. The lowest BCUT2D eigenvalue weighted by Crippen LogP contribution is -2.14. The van der Waals surface area contributed by atoms with Crippen LogP contribution < -0.4 is 11.1 Å². The summed E-state index contributed by atoms with van der Waals surface area (Å²) in [6.45, 7) is 1.80. The molecule has 0 aliphatic rings. The molecule has 4 nitrogen and oxygen atoms in total. The highest BCUT2D eigenvalue weighted by atomic mass is 19.1. The maximum Gasteiger partial charge on any atom is 0.255 e. The van der Waals surface area contributed by atoms with Gasteiger partial charge in [0.1, 0.15) is 5.82 Å². The van der Waals surface area contributed by atoms with Crippen LogP contribution in [-0.2, 0) is 0 Å². The number of halogens is 1. The molecule has 0 atom stereocenters. The molecule has 0 radical (unpaired) electrons. The summed E-state index contributed by atoms with van der Waals surface area (Å²) in [6, 6.07) is 10.3. The largest absolute Gasteiger partial charge is 0.366 e. The topological polar surface area (TPSA) is 72.2 Å². The Morgan fingerprint density at radius 3 is 2.25 bits per heavy atom. The summed E-state index contributed by atoms with van der Waals surface area (Å²) in [5, 5.41) is 2.49. The van der Waals surface area contributed by atoms with E-state index in [1.54, 1.807) is 19.1 Å². The van der Waals surface area contributed by atoms with Gasteiger partial charge in [0.05, 0.1) is 5.69 Å². The van der Waals surface area contributed by atoms with E-state index >= 15 is 0 Å². The maximum absolute atomic E-state index is 13.5. The molecule has 0 saturated carbocycles. The molecule has 5 heteroatoms. The lowest BCUT2D eigenvalue weighted by Gasteiger charge is -2.07. The molecule has 2 aromatic rings. The fourth-order valence-electron chi connectivity index (χ4n) is 1.72. The van der Waals surface area contributed by atoms with Crippen molar-refractivity contribution < 1.29 is 14.0 Å². The van der Waals surface area contributed by atoms with E-state index in [1.165, 1.54) is 30.3 Å². The first-order chi connectivity index (χ1) is 9.47.